The third-order valence-corrected chi connectivity index (χ3v) is 6.89. The lowest BCUT2D eigenvalue weighted by Gasteiger charge is -2.41. The lowest BCUT2D eigenvalue weighted by molar-refractivity contribution is -0.226. The summed E-state index contributed by atoms with van der Waals surface area (Å²) in [5.74, 6) is -4.04. The highest BCUT2D eigenvalue weighted by atomic mass is 16.7. The minimum absolute atomic E-state index is 0.126. The Labute approximate surface area is 236 Å². The molecular formula is C30H40N6O4. The number of aliphatic hydroxyl groups is 1. The van der Waals surface area contributed by atoms with Gasteiger partial charge < -0.3 is 14.9 Å². The van der Waals surface area contributed by atoms with E-state index in [-0.39, 0.29) is 29.9 Å². The van der Waals surface area contributed by atoms with Crippen LogP contribution in [-0.2, 0) is 14.3 Å². The maximum atomic E-state index is 14.6. The molecule has 2 aromatic carbocycles. The van der Waals surface area contributed by atoms with E-state index in [2.05, 4.69) is 10.0 Å². The highest BCUT2D eigenvalue weighted by Gasteiger charge is 2.65. The summed E-state index contributed by atoms with van der Waals surface area (Å²) in [7, 11) is 0. The third kappa shape index (κ3) is 5.61. The Morgan fingerprint density at radius 3 is 1.73 bits per heavy atom. The van der Waals surface area contributed by atoms with Crippen molar-refractivity contribution < 1.29 is 19.4 Å². The van der Waals surface area contributed by atoms with Gasteiger partial charge in [0, 0.05) is 34.6 Å². The number of ether oxygens (including phenoxy) is 1. The van der Waals surface area contributed by atoms with Crippen LogP contribution in [0.3, 0.4) is 0 Å². The summed E-state index contributed by atoms with van der Waals surface area (Å²) in [5.41, 5.74) is 8.09. The van der Waals surface area contributed by atoms with Gasteiger partial charge in [-0.05, 0) is 66.5 Å². The Balaban J connectivity index is 2.43. The van der Waals surface area contributed by atoms with Gasteiger partial charge in [-0.1, -0.05) is 65.8 Å². The minimum Gasteiger partial charge on any atom is -0.353 e. The van der Waals surface area contributed by atoms with Crippen molar-refractivity contribution in [1.29, 1.82) is 0 Å². The highest BCUT2D eigenvalue weighted by Crippen LogP contribution is 2.46. The molecule has 10 heteroatoms. The first kappa shape index (κ1) is 30.8. The Bertz CT molecular complexity index is 1260. The zero-order valence-electron chi connectivity index (χ0n) is 24.5. The number of rotatable bonds is 10. The van der Waals surface area contributed by atoms with Gasteiger partial charge in [0.2, 0.25) is 0 Å². The molecule has 214 valence electrons. The molecule has 2 amide bonds. The van der Waals surface area contributed by atoms with Crippen LogP contribution in [0.15, 0.2) is 70.8 Å². The first-order chi connectivity index (χ1) is 18.8. The topological polar surface area (TPSA) is 131 Å². The van der Waals surface area contributed by atoms with Crippen LogP contribution in [0.4, 0.5) is 0 Å². The summed E-state index contributed by atoms with van der Waals surface area (Å²) in [4.78, 5) is 39.8. The monoisotopic (exact) mass is 548 g/mol. The molecule has 0 saturated heterocycles. The smallest absolute Gasteiger partial charge is 0.295 e. The van der Waals surface area contributed by atoms with Crippen LogP contribution < -0.4 is 0 Å². The molecule has 1 heterocycles. The van der Waals surface area contributed by atoms with Gasteiger partial charge in [0.25, 0.3) is 23.3 Å². The van der Waals surface area contributed by atoms with Crippen molar-refractivity contribution in [2.24, 2.45) is 10.1 Å². The fourth-order valence-electron chi connectivity index (χ4n) is 5.41. The number of azide groups is 1. The summed E-state index contributed by atoms with van der Waals surface area (Å²) in [6.45, 7) is 14.7. The molecule has 3 atom stereocenters. The summed E-state index contributed by atoms with van der Waals surface area (Å²) < 4.78 is 6.36. The molecule has 3 rings (SSSR count). The lowest BCUT2D eigenvalue weighted by Crippen LogP contribution is -2.62. The first-order valence-electron chi connectivity index (χ1n) is 13.6. The lowest BCUT2D eigenvalue weighted by atomic mass is 9.94. The molecule has 1 aliphatic rings. The molecule has 0 saturated carbocycles. The molecule has 0 aromatic heterocycles. The number of amides is 2. The molecule has 0 fully saturated rings. The van der Waals surface area contributed by atoms with Crippen molar-refractivity contribution in [3.05, 3.63) is 82.2 Å². The second-order valence-corrected chi connectivity index (χ2v) is 11.1. The van der Waals surface area contributed by atoms with Crippen molar-refractivity contribution >= 4 is 17.5 Å². The van der Waals surface area contributed by atoms with Crippen LogP contribution in [0.5, 0.6) is 0 Å². The van der Waals surface area contributed by atoms with Gasteiger partial charge in [-0.2, -0.15) is 0 Å². The molecule has 1 N–H and O–H groups in total. The van der Waals surface area contributed by atoms with Gasteiger partial charge in [0.05, 0.1) is 0 Å². The SMILES string of the molecule is CC(C)N(C(=O)[C@@]1(O)O[C@](C(=O)N(C(C)C)C(C)C)(C(N=[N+]=[N-])c2ccccc2)N=C1c1ccccc1)C(C)C. The average Bonchev–Trinajstić information content (AvgIpc) is 3.22. The molecule has 0 radical (unpaired) electrons. The maximum absolute atomic E-state index is 14.6. The largest absolute Gasteiger partial charge is 0.353 e. The van der Waals surface area contributed by atoms with Crippen molar-refractivity contribution in [2.45, 2.75) is 97.1 Å². The molecule has 0 spiro atoms. The second kappa shape index (κ2) is 12.2. The third-order valence-electron chi connectivity index (χ3n) is 6.89. The van der Waals surface area contributed by atoms with Crippen LogP contribution >= 0.6 is 0 Å². The van der Waals surface area contributed by atoms with Crippen LogP contribution in [0.1, 0.15) is 72.6 Å². The van der Waals surface area contributed by atoms with Crippen LogP contribution in [0.2, 0.25) is 0 Å². The van der Waals surface area contributed by atoms with Crippen LogP contribution in [-0.4, -0.2) is 68.1 Å². The molecule has 1 aliphatic heterocycles. The second-order valence-electron chi connectivity index (χ2n) is 11.1. The molecular weight excluding hydrogens is 508 g/mol. The van der Waals surface area contributed by atoms with Crippen molar-refractivity contribution in [3.63, 3.8) is 0 Å². The van der Waals surface area contributed by atoms with E-state index in [1.54, 1.807) is 65.6 Å². The Kier molecular flexibility index (Phi) is 9.40. The number of carbonyl (C=O) groups excluding carboxylic acids is 2. The Morgan fingerprint density at radius 2 is 1.27 bits per heavy atom. The number of hydrogen-bond donors (Lipinski definition) is 1. The van der Waals surface area contributed by atoms with Crippen LogP contribution in [0.25, 0.3) is 10.4 Å². The summed E-state index contributed by atoms with van der Waals surface area (Å²) in [6, 6.07) is 14.8. The van der Waals surface area contributed by atoms with Gasteiger partial charge >= 0.3 is 0 Å². The van der Waals surface area contributed by atoms with Crippen molar-refractivity contribution in [1.82, 2.24) is 9.80 Å². The van der Waals surface area contributed by atoms with E-state index in [0.717, 1.165) is 0 Å². The molecule has 2 aromatic rings. The summed E-state index contributed by atoms with van der Waals surface area (Å²) in [5, 5.41) is 16.3. The van der Waals surface area contributed by atoms with E-state index in [1.165, 1.54) is 4.90 Å². The molecule has 0 aliphatic carbocycles. The predicted molar refractivity (Wildman–Crippen MR) is 154 cm³/mol. The van der Waals surface area contributed by atoms with E-state index >= 15 is 0 Å². The summed E-state index contributed by atoms with van der Waals surface area (Å²) >= 11 is 0. The van der Waals surface area contributed by atoms with Gasteiger partial charge in [-0.3, -0.25) is 14.3 Å². The van der Waals surface area contributed by atoms with E-state index < -0.39 is 29.4 Å². The fourth-order valence-corrected chi connectivity index (χ4v) is 5.41. The van der Waals surface area contributed by atoms with Crippen molar-refractivity contribution in [2.75, 3.05) is 0 Å². The molecule has 0 bridgehead atoms. The Morgan fingerprint density at radius 1 is 0.825 bits per heavy atom. The van der Waals surface area contributed by atoms with E-state index in [4.69, 9.17) is 9.73 Å². The standard InChI is InChI=1S/C30H40N6O4/c1-19(2)35(20(3)4)27(37)29(25(33-34-31)23-15-11-9-12-16-23)32-26(24-17-13-10-14-18-24)30(39,40-29)28(38)36(21(5)6)22(7)8/h9-22,25,39H,1-8H3/t25?,29-,30-/m0/s1. The highest BCUT2D eigenvalue weighted by molar-refractivity contribution is 6.20. The van der Waals surface area contributed by atoms with E-state index in [9.17, 15) is 20.2 Å². The fraction of sp³-hybridized carbons (Fsp3) is 0.500. The molecule has 1 unspecified atom stereocenters. The predicted octanol–water partition coefficient (Wildman–Crippen LogP) is 5.23. The number of nitrogens with zero attached hydrogens (tertiary/aromatic N) is 6. The van der Waals surface area contributed by atoms with Gasteiger partial charge in [0.1, 0.15) is 11.8 Å². The van der Waals surface area contributed by atoms with E-state index in [1.807, 2.05) is 55.4 Å². The molecule has 10 nitrogen and oxygen atoms in total. The number of hydrogen-bond acceptors (Lipinski definition) is 6. The molecule has 40 heavy (non-hydrogen) atoms. The van der Waals surface area contributed by atoms with E-state index in [0.29, 0.717) is 11.1 Å². The number of benzene rings is 2. The van der Waals surface area contributed by atoms with Gasteiger partial charge in [-0.15, -0.1) is 0 Å². The zero-order valence-corrected chi connectivity index (χ0v) is 24.5. The maximum Gasteiger partial charge on any atom is 0.295 e. The van der Waals surface area contributed by atoms with Gasteiger partial charge in [-0.25, -0.2) is 4.99 Å². The quantitative estimate of drug-likeness (QED) is 0.247. The first-order valence-corrected chi connectivity index (χ1v) is 13.6. The summed E-state index contributed by atoms with van der Waals surface area (Å²) in [6.07, 6.45) is 0. The minimum atomic E-state index is -2.65. The van der Waals surface area contributed by atoms with Gasteiger partial charge in [0.15, 0.2) is 0 Å². The Hall–Kier alpha value is -3.72. The normalized spacial score (nSPS) is 21.4. The van der Waals surface area contributed by atoms with Crippen LogP contribution in [0, 0.1) is 0 Å². The van der Waals surface area contributed by atoms with Crippen molar-refractivity contribution in [3.8, 4) is 0 Å². The average molecular weight is 549 g/mol. The zero-order chi connectivity index (χ0) is 29.8. The number of aliphatic imine (C=N–C) groups is 1. The number of carbonyl (C=O) groups is 2.